The quantitative estimate of drug-likeness (QED) is 0.905. The highest BCUT2D eigenvalue weighted by Gasteiger charge is 2.33. The monoisotopic (exact) mass is 259 g/mol. The van der Waals surface area contributed by atoms with Crippen molar-refractivity contribution >= 4 is 5.97 Å². The van der Waals surface area contributed by atoms with E-state index in [1.165, 1.54) is 0 Å². The SMILES string of the molecule is CCc1cc(C#N)c(OC(F)(F)F)cc1C(=O)O. The molecule has 1 aromatic carbocycles. The average molecular weight is 259 g/mol. The van der Waals surface area contributed by atoms with Gasteiger partial charge in [0.05, 0.1) is 11.1 Å². The van der Waals surface area contributed by atoms with Crippen LogP contribution in [0.4, 0.5) is 13.2 Å². The molecule has 7 heteroatoms. The van der Waals surface area contributed by atoms with Crippen molar-refractivity contribution in [2.75, 3.05) is 0 Å². The zero-order chi connectivity index (χ0) is 13.9. The molecular formula is C11H8F3NO3. The molecule has 1 rings (SSSR count). The summed E-state index contributed by atoms with van der Waals surface area (Å²) in [7, 11) is 0. The van der Waals surface area contributed by atoms with Crippen LogP contribution in [0.3, 0.4) is 0 Å². The number of nitrogens with zero attached hydrogens (tertiary/aromatic N) is 1. The number of carboxylic acid groups (broad SMARTS) is 1. The highest BCUT2D eigenvalue weighted by Crippen LogP contribution is 2.29. The molecule has 1 N–H and O–H groups in total. The van der Waals surface area contributed by atoms with Crippen molar-refractivity contribution in [1.82, 2.24) is 0 Å². The molecule has 0 heterocycles. The second kappa shape index (κ2) is 4.96. The Bertz CT molecular complexity index is 517. The lowest BCUT2D eigenvalue weighted by molar-refractivity contribution is -0.274. The van der Waals surface area contributed by atoms with E-state index in [1.54, 1.807) is 13.0 Å². The van der Waals surface area contributed by atoms with E-state index in [4.69, 9.17) is 10.4 Å². The Morgan fingerprint density at radius 2 is 2.11 bits per heavy atom. The second-order valence-corrected chi connectivity index (χ2v) is 3.32. The van der Waals surface area contributed by atoms with E-state index in [0.29, 0.717) is 6.07 Å². The van der Waals surface area contributed by atoms with Crippen molar-refractivity contribution in [2.45, 2.75) is 19.7 Å². The van der Waals surface area contributed by atoms with E-state index >= 15 is 0 Å². The largest absolute Gasteiger partial charge is 0.573 e. The van der Waals surface area contributed by atoms with E-state index in [-0.39, 0.29) is 23.1 Å². The second-order valence-electron chi connectivity index (χ2n) is 3.32. The number of carboxylic acids is 1. The molecule has 4 nitrogen and oxygen atoms in total. The summed E-state index contributed by atoms with van der Waals surface area (Å²) < 4.78 is 39.9. The van der Waals surface area contributed by atoms with Crippen LogP contribution in [0, 0.1) is 11.3 Å². The predicted octanol–water partition coefficient (Wildman–Crippen LogP) is 2.72. The van der Waals surface area contributed by atoms with Crippen LogP contribution in [0.15, 0.2) is 12.1 Å². The van der Waals surface area contributed by atoms with Gasteiger partial charge in [0.15, 0.2) is 0 Å². The molecule has 0 aromatic heterocycles. The first-order chi connectivity index (χ1) is 8.28. The number of alkyl halides is 3. The van der Waals surface area contributed by atoms with Gasteiger partial charge >= 0.3 is 12.3 Å². The predicted molar refractivity (Wildman–Crippen MR) is 54.2 cm³/mol. The highest BCUT2D eigenvalue weighted by molar-refractivity contribution is 5.90. The molecule has 0 amide bonds. The fraction of sp³-hybridized carbons (Fsp3) is 0.273. The summed E-state index contributed by atoms with van der Waals surface area (Å²) in [5, 5.41) is 17.6. The number of aryl methyl sites for hydroxylation is 1. The fourth-order valence-corrected chi connectivity index (χ4v) is 1.41. The fourth-order valence-electron chi connectivity index (χ4n) is 1.41. The van der Waals surface area contributed by atoms with Crippen LogP contribution in [0.2, 0.25) is 0 Å². The topological polar surface area (TPSA) is 70.3 Å². The van der Waals surface area contributed by atoms with Gasteiger partial charge in [0.2, 0.25) is 0 Å². The molecule has 96 valence electrons. The standard InChI is InChI=1S/C11H8F3NO3/c1-2-6-3-7(5-15)9(18-11(12,13)14)4-8(6)10(16)17/h3-4H,2H2,1H3,(H,16,17). The number of aromatic carboxylic acids is 1. The molecule has 0 atom stereocenters. The van der Waals surface area contributed by atoms with Crippen molar-refractivity contribution in [2.24, 2.45) is 0 Å². The average Bonchev–Trinajstić information content (AvgIpc) is 2.26. The number of halogens is 3. The summed E-state index contributed by atoms with van der Waals surface area (Å²) in [4.78, 5) is 10.9. The Hall–Kier alpha value is -2.23. The smallest absolute Gasteiger partial charge is 0.478 e. The lowest BCUT2D eigenvalue weighted by atomic mass is 10.0. The normalized spacial score (nSPS) is 10.8. The summed E-state index contributed by atoms with van der Waals surface area (Å²) in [6.07, 6.45) is -4.70. The van der Waals surface area contributed by atoms with Gasteiger partial charge in [-0.25, -0.2) is 4.79 Å². The molecule has 0 saturated carbocycles. The van der Waals surface area contributed by atoms with Crippen molar-refractivity contribution in [3.8, 4) is 11.8 Å². The Morgan fingerprint density at radius 3 is 2.50 bits per heavy atom. The van der Waals surface area contributed by atoms with Crippen LogP contribution < -0.4 is 4.74 Å². The van der Waals surface area contributed by atoms with E-state index in [1.807, 2.05) is 0 Å². The molecule has 0 spiro atoms. The van der Waals surface area contributed by atoms with Gasteiger partial charge in [-0.15, -0.1) is 13.2 Å². The maximum Gasteiger partial charge on any atom is 0.573 e. The van der Waals surface area contributed by atoms with Gasteiger partial charge in [-0.05, 0) is 24.1 Å². The first-order valence-corrected chi connectivity index (χ1v) is 4.84. The van der Waals surface area contributed by atoms with Crippen LogP contribution in [-0.2, 0) is 6.42 Å². The number of nitriles is 1. The molecular weight excluding hydrogens is 251 g/mol. The number of benzene rings is 1. The molecule has 1 aromatic rings. The van der Waals surface area contributed by atoms with Gasteiger partial charge in [-0.1, -0.05) is 6.92 Å². The van der Waals surface area contributed by atoms with Crippen LogP contribution in [0.25, 0.3) is 0 Å². The van der Waals surface area contributed by atoms with Gasteiger partial charge in [0.25, 0.3) is 0 Å². The number of carbonyl (C=O) groups is 1. The molecule has 0 fully saturated rings. The van der Waals surface area contributed by atoms with Gasteiger partial charge < -0.3 is 9.84 Å². The molecule has 0 aliphatic heterocycles. The zero-order valence-corrected chi connectivity index (χ0v) is 9.21. The van der Waals surface area contributed by atoms with E-state index < -0.39 is 18.1 Å². The third-order valence-electron chi connectivity index (χ3n) is 2.16. The zero-order valence-electron chi connectivity index (χ0n) is 9.21. The van der Waals surface area contributed by atoms with E-state index in [0.717, 1.165) is 6.07 Å². The lowest BCUT2D eigenvalue weighted by Gasteiger charge is -2.12. The number of rotatable bonds is 3. The van der Waals surface area contributed by atoms with Crippen molar-refractivity contribution in [1.29, 1.82) is 5.26 Å². The minimum atomic E-state index is -4.98. The third-order valence-corrected chi connectivity index (χ3v) is 2.16. The first kappa shape index (κ1) is 13.8. The molecule has 0 bridgehead atoms. The summed E-state index contributed by atoms with van der Waals surface area (Å²) in [6.45, 7) is 1.63. The van der Waals surface area contributed by atoms with Crippen molar-refractivity contribution in [3.63, 3.8) is 0 Å². The summed E-state index contributed by atoms with van der Waals surface area (Å²) in [6, 6.07) is 3.34. The van der Waals surface area contributed by atoms with Crippen LogP contribution >= 0.6 is 0 Å². The minimum absolute atomic E-state index is 0.272. The molecule has 0 unspecified atom stereocenters. The first-order valence-electron chi connectivity index (χ1n) is 4.84. The van der Waals surface area contributed by atoms with Gasteiger partial charge in [-0.3, -0.25) is 0 Å². The Kier molecular flexibility index (Phi) is 3.81. The highest BCUT2D eigenvalue weighted by atomic mass is 19.4. The van der Waals surface area contributed by atoms with Gasteiger partial charge in [0, 0.05) is 0 Å². The van der Waals surface area contributed by atoms with Crippen LogP contribution in [0.1, 0.15) is 28.4 Å². The summed E-state index contributed by atoms with van der Waals surface area (Å²) >= 11 is 0. The van der Waals surface area contributed by atoms with Crippen LogP contribution in [-0.4, -0.2) is 17.4 Å². The molecule has 0 saturated heterocycles. The molecule has 18 heavy (non-hydrogen) atoms. The lowest BCUT2D eigenvalue weighted by Crippen LogP contribution is -2.18. The summed E-state index contributed by atoms with van der Waals surface area (Å²) in [5.41, 5.74) is -0.390. The number of hydrogen-bond donors (Lipinski definition) is 1. The minimum Gasteiger partial charge on any atom is -0.478 e. The number of ether oxygens (including phenoxy) is 1. The molecule has 0 aliphatic rings. The van der Waals surface area contributed by atoms with E-state index in [9.17, 15) is 18.0 Å². The van der Waals surface area contributed by atoms with Crippen molar-refractivity contribution < 1.29 is 27.8 Å². The maximum absolute atomic E-state index is 12.1. The van der Waals surface area contributed by atoms with E-state index in [2.05, 4.69) is 4.74 Å². The Balaban J connectivity index is 3.38. The van der Waals surface area contributed by atoms with Gasteiger partial charge in [0.1, 0.15) is 11.8 Å². The maximum atomic E-state index is 12.1. The Labute approximate surface area is 100 Å². The van der Waals surface area contributed by atoms with Crippen molar-refractivity contribution in [3.05, 3.63) is 28.8 Å². The summed E-state index contributed by atoms with van der Waals surface area (Å²) in [5.74, 6) is -2.18. The third kappa shape index (κ3) is 3.13. The number of hydrogen-bond acceptors (Lipinski definition) is 3. The van der Waals surface area contributed by atoms with Gasteiger partial charge in [-0.2, -0.15) is 5.26 Å². The van der Waals surface area contributed by atoms with Crippen LogP contribution in [0.5, 0.6) is 5.75 Å². The Morgan fingerprint density at radius 1 is 1.50 bits per heavy atom. The molecule has 0 aliphatic carbocycles. The molecule has 0 radical (unpaired) electrons.